The number of urea groups is 1. The lowest BCUT2D eigenvalue weighted by atomic mass is 9.80. The number of piperidine rings is 1. The van der Waals surface area contributed by atoms with Gasteiger partial charge in [0.25, 0.3) is 5.89 Å². The SMILES string of the molecule is CCC[C@H](NC(=O)C1(NC(=O)N2CCC(N3CCOCC3)CC2)CCCCC1)C(=O)c1nnc(-c2ccc(OC)cc2)o1. The molecule has 1 aliphatic carbocycles. The van der Waals surface area contributed by atoms with Gasteiger partial charge in [0.1, 0.15) is 11.3 Å². The second-order valence-electron chi connectivity index (χ2n) is 11.8. The number of likely N-dealkylation sites (tertiary alicyclic amines) is 1. The van der Waals surface area contributed by atoms with E-state index in [1.165, 1.54) is 0 Å². The largest absolute Gasteiger partial charge is 0.497 e. The predicted molar refractivity (Wildman–Crippen MR) is 159 cm³/mol. The number of ether oxygens (including phenoxy) is 2. The molecular formula is C31H44N6O6. The first-order valence-corrected chi connectivity index (χ1v) is 15.6. The van der Waals surface area contributed by atoms with Gasteiger partial charge in [0, 0.05) is 37.8 Å². The van der Waals surface area contributed by atoms with Crippen LogP contribution in [0.1, 0.15) is 75.4 Å². The van der Waals surface area contributed by atoms with Crippen LogP contribution in [0.2, 0.25) is 0 Å². The van der Waals surface area contributed by atoms with E-state index in [9.17, 15) is 14.4 Å². The van der Waals surface area contributed by atoms with Crippen molar-refractivity contribution < 1.29 is 28.3 Å². The second-order valence-corrected chi connectivity index (χ2v) is 11.8. The molecule has 3 heterocycles. The topological polar surface area (TPSA) is 139 Å². The zero-order valence-electron chi connectivity index (χ0n) is 25.3. The summed E-state index contributed by atoms with van der Waals surface area (Å²) in [6, 6.07) is 6.48. The Labute approximate surface area is 252 Å². The summed E-state index contributed by atoms with van der Waals surface area (Å²) in [6.45, 7) is 6.63. The number of aromatic nitrogens is 2. The predicted octanol–water partition coefficient (Wildman–Crippen LogP) is 3.42. The normalized spacial score (nSPS) is 20.3. The van der Waals surface area contributed by atoms with E-state index in [2.05, 4.69) is 25.7 Å². The number of carbonyl (C=O) groups is 3. The number of nitrogens with one attached hydrogen (secondary N) is 2. The van der Waals surface area contributed by atoms with Gasteiger partial charge < -0.3 is 29.4 Å². The van der Waals surface area contributed by atoms with E-state index >= 15 is 0 Å². The van der Waals surface area contributed by atoms with E-state index in [4.69, 9.17) is 13.9 Å². The van der Waals surface area contributed by atoms with Gasteiger partial charge in [0.05, 0.1) is 26.4 Å². The highest BCUT2D eigenvalue weighted by molar-refractivity contribution is 6.00. The number of morpholine rings is 1. The van der Waals surface area contributed by atoms with Crippen LogP contribution >= 0.6 is 0 Å². The lowest BCUT2D eigenvalue weighted by Crippen LogP contribution is -2.64. The number of benzene rings is 1. The molecule has 2 aromatic rings. The van der Waals surface area contributed by atoms with Crippen LogP contribution in [-0.4, -0.2) is 102 Å². The molecule has 43 heavy (non-hydrogen) atoms. The number of rotatable bonds is 10. The van der Waals surface area contributed by atoms with E-state index in [0.717, 1.165) is 58.4 Å². The lowest BCUT2D eigenvalue weighted by Gasteiger charge is -2.42. The molecule has 5 rings (SSSR count). The van der Waals surface area contributed by atoms with Crippen LogP contribution in [0, 0.1) is 0 Å². The molecule has 1 aromatic carbocycles. The minimum absolute atomic E-state index is 0.158. The molecule has 2 aliphatic heterocycles. The molecule has 2 saturated heterocycles. The van der Waals surface area contributed by atoms with E-state index in [1.54, 1.807) is 31.4 Å². The van der Waals surface area contributed by atoms with Crippen LogP contribution < -0.4 is 15.4 Å². The Bertz CT molecular complexity index is 1230. The maximum atomic E-state index is 13.9. The molecule has 0 bridgehead atoms. The minimum atomic E-state index is -1.06. The van der Waals surface area contributed by atoms with Crippen molar-refractivity contribution in [3.05, 3.63) is 30.2 Å². The first kappa shape index (κ1) is 30.9. The van der Waals surface area contributed by atoms with Gasteiger partial charge in [-0.05, 0) is 56.4 Å². The fourth-order valence-electron chi connectivity index (χ4n) is 6.40. The number of hydrogen-bond acceptors (Lipinski definition) is 9. The summed E-state index contributed by atoms with van der Waals surface area (Å²) in [7, 11) is 1.58. The molecule has 2 N–H and O–H groups in total. The monoisotopic (exact) mass is 596 g/mol. The molecule has 3 amide bonds. The summed E-state index contributed by atoms with van der Waals surface area (Å²) in [6.07, 6.45) is 6.60. The highest BCUT2D eigenvalue weighted by Gasteiger charge is 2.44. The third kappa shape index (κ3) is 7.35. The van der Waals surface area contributed by atoms with E-state index in [-0.39, 0.29) is 23.7 Å². The standard InChI is InChI=1S/C31H44N6O6/c1-3-7-25(26(38)28-35-34-27(43-28)22-8-10-24(41-2)11-9-22)32-29(39)31(14-5-4-6-15-31)33-30(40)37-16-12-23(13-17-37)36-18-20-42-21-19-36/h8-11,23,25H,3-7,12-21H2,1-2H3,(H,32,39)(H,33,40)/t25-/m0/s1. The Hall–Kier alpha value is -3.51. The highest BCUT2D eigenvalue weighted by atomic mass is 16.5. The molecule has 3 fully saturated rings. The van der Waals surface area contributed by atoms with Crippen LogP contribution in [-0.2, 0) is 9.53 Å². The van der Waals surface area contributed by atoms with Gasteiger partial charge in [-0.2, -0.15) is 0 Å². The Morgan fingerprint density at radius 1 is 1.02 bits per heavy atom. The van der Waals surface area contributed by atoms with E-state index < -0.39 is 17.4 Å². The third-order valence-electron chi connectivity index (χ3n) is 8.97. The molecule has 234 valence electrons. The fourth-order valence-corrected chi connectivity index (χ4v) is 6.40. The van der Waals surface area contributed by atoms with Crippen molar-refractivity contribution in [1.29, 1.82) is 0 Å². The number of Topliss-reactive ketones (excluding diaryl/α,β-unsaturated/α-hetero) is 1. The molecule has 1 aromatic heterocycles. The first-order chi connectivity index (χ1) is 20.9. The summed E-state index contributed by atoms with van der Waals surface area (Å²) >= 11 is 0. The zero-order valence-corrected chi connectivity index (χ0v) is 25.3. The number of hydrogen-bond donors (Lipinski definition) is 2. The molecule has 0 unspecified atom stereocenters. The summed E-state index contributed by atoms with van der Waals surface area (Å²) < 4.78 is 16.4. The quantitative estimate of drug-likeness (QED) is 0.395. The van der Waals surface area contributed by atoms with Crippen molar-refractivity contribution in [3.63, 3.8) is 0 Å². The van der Waals surface area contributed by atoms with Crippen LogP contribution in [0.3, 0.4) is 0 Å². The van der Waals surface area contributed by atoms with Crippen molar-refractivity contribution in [2.24, 2.45) is 0 Å². The van der Waals surface area contributed by atoms with Gasteiger partial charge in [-0.3, -0.25) is 14.5 Å². The minimum Gasteiger partial charge on any atom is -0.497 e. The van der Waals surface area contributed by atoms with Gasteiger partial charge in [0.15, 0.2) is 0 Å². The first-order valence-electron chi connectivity index (χ1n) is 15.6. The van der Waals surface area contributed by atoms with Gasteiger partial charge in [0.2, 0.25) is 17.6 Å². The summed E-state index contributed by atoms with van der Waals surface area (Å²) in [5.74, 6) is -0.0303. The number of amides is 3. The zero-order chi connectivity index (χ0) is 30.2. The Kier molecular flexibility index (Phi) is 10.3. The Balaban J connectivity index is 1.23. The smallest absolute Gasteiger partial charge is 0.318 e. The van der Waals surface area contributed by atoms with Crippen molar-refractivity contribution in [3.8, 4) is 17.2 Å². The van der Waals surface area contributed by atoms with E-state index in [0.29, 0.717) is 56.1 Å². The lowest BCUT2D eigenvalue weighted by molar-refractivity contribution is -0.129. The number of ketones is 1. The Morgan fingerprint density at radius 2 is 1.72 bits per heavy atom. The second kappa shape index (κ2) is 14.3. The highest BCUT2D eigenvalue weighted by Crippen LogP contribution is 2.30. The number of carbonyl (C=O) groups excluding carboxylic acids is 3. The van der Waals surface area contributed by atoms with Gasteiger partial charge in [-0.15, -0.1) is 10.2 Å². The average Bonchev–Trinajstić information content (AvgIpc) is 3.55. The van der Waals surface area contributed by atoms with Crippen LogP contribution in [0.4, 0.5) is 4.79 Å². The molecule has 1 saturated carbocycles. The van der Waals surface area contributed by atoms with Crippen molar-refractivity contribution in [2.45, 2.75) is 82.3 Å². The molecule has 12 heteroatoms. The molecule has 1 atom stereocenters. The third-order valence-corrected chi connectivity index (χ3v) is 8.97. The summed E-state index contributed by atoms with van der Waals surface area (Å²) in [5.41, 5.74) is -0.410. The maximum absolute atomic E-state index is 13.9. The molecule has 12 nitrogen and oxygen atoms in total. The van der Waals surface area contributed by atoms with Crippen LogP contribution in [0.25, 0.3) is 11.5 Å². The maximum Gasteiger partial charge on any atom is 0.318 e. The van der Waals surface area contributed by atoms with Gasteiger partial charge in [-0.1, -0.05) is 32.6 Å². The summed E-state index contributed by atoms with van der Waals surface area (Å²) in [4.78, 5) is 45.2. The number of methoxy groups -OCH3 is 1. The molecule has 0 spiro atoms. The molecule has 0 radical (unpaired) electrons. The Morgan fingerprint density at radius 3 is 2.37 bits per heavy atom. The fraction of sp³-hybridized carbons (Fsp3) is 0.645. The summed E-state index contributed by atoms with van der Waals surface area (Å²) in [5, 5.41) is 14.1. The van der Waals surface area contributed by atoms with Crippen LogP contribution in [0.5, 0.6) is 5.75 Å². The number of nitrogens with zero attached hydrogens (tertiary/aromatic N) is 4. The van der Waals surface area contributed by atoms with E-state index in [1.807, 2.05) is 11.8 Å². The van der Waals surface area contributed by atoms with Crippen LogP contribution in [0.15, 0.2) is 28.7 Å². The van der Waals surface area contributed by atoms with Crippen molar-refractivity contribution in [2.75, 3.05) is 46.5 Å². The molecule has 3 aliphatic rings. The van der Waals surface area contributed by atoms with Crippen molar-refractivity contribution in [1.82, 2.24) is 30.6 Å². The molecular weight excluding hydrogens is 552 g/mol. The van der Waals surface area contributed by atoms with Gasteiger partial charge >= 0.3 is 6.03 Å². The average molecular weight is 597 g/mol. The van der Waals surface area contributed by atoms with Gasteiger partial charge in [-0.25, -0.2) is 4.79 Å². The van der Waals surface area contributed by atoms with Crippen molar-refractivity contribution >= 4 is 17.7 Å².